The lowest BCUT2D eigenvalue weighted by Crippen LogP contribution is -2.24. The first kappa shape index (κ1) is 18.5. The molecule has 0 saturated carbocycles. The number of nitrogens with zero attached hydrogens (tertiary/aromatic N) is 2. The normalized spacial score (nSPS) is 10.4. The predicted molar refractivity (Wildman–Crippen MR) is 103 cm³/mol. The van der Waals surface area contributed by atoms with Crippen LogP contribution in [0.5, 0.6) is 0 Å². The van der Waals surface area contributed by atoms with Crippen molar-refractivity contribution in [2.24, 2.45) is 0 Å². The third-order valence-electron chi connectivity index (χ3n) is 4.26. The lowest BCUT2D eigenvalue weighted by atomic mass is 10.1. The van der Waals surface area contributed by atoms with Gasteiger partial charge in [0.1, 0.15) is 23.7 Å². The van der Waals surface area contributed by atoms with Gasteiger partial charge in [0, 0.05) is 19.2 Å². The summed E-state index contributed by atoms with van der Waals surface area (Å²) in [7, 11) is 0. The van der Waals surface area contributed by atoms with Crippen molar-refractivity contribution in [3.63, 3.8) is 0 Å². The molecule has 0 bridgehead atoms. The molecule has 138 valence electrons. The summed E-state index contributed by atoms with van der Waals surface area (Å²) in [5, 5.41) is 5.97. The fourth-order valence-corrected chi connectivity index (χ4v) is 2.68. The number of rotatable bonds is 7. The average molecular weight is 364 g/mol. The van der Waals surface area contributed by atoms with Crippen LogP contribution in [-0.4, -0.2) is 22.4 Å². The average Bonchev–Trinajstić information content (AvgIpc) is 2.69. The first-order valence-corrected chi connectivity index (χ1v) is 8.75. The molecule has 1 heterocycles. The molecule has 0 fully saturated rings. The molecule has 0 saturated heterocycles. The third-order valence-corrected chi connectivity index (χ3v) is 4.26. The van der Waals surface area contributed by atoms with Crippen LogP contribution >= 0.6 is 0 Å². The molecule has 3 rings (SSSR count). The zero-order valence-electron chi connectivity index (χ0n) is 15.1. The van der Waals surface area contributed by atoms with Crippen LogP contribution in [-0.2, 0) is 13.0 Å². The number of hydrogen-bond acceptors (Lipinski definition) is 4. The van der Waals surface area contributed by atoms with E-state index in [-0.39, 0.29) is 17.4 Å². The Kier molecular flexibility index (Phi) is 6.10. The van der Waals surface area contributed by atoms with Crippen LogP contribution in [0, 0.1) is 12.7 Å². The first-order chi connectivity index (χ1) is 13.1. The summed E-state index contributed by atoms with van der Waals surface area (Å²) in [5.74, 6) is 0.0402. The van der Waals surface area contributed by atoms with Gasteiger partial charge in [-0.3, -0.25) is 4.79 Å². The minimum absolute atomic E-state index is 0.224. The van der Waals surface area contributed by atoms with Gasteiger partial charge in [-0.2, -0.15) is 0 Å². The topological polar surface area (TPSA) is 66.9 Å². The van der Waals surface area contributed by atoms with Gasteiger partial charge in [-0.1, -0.05) is 42.5 Å². The van der Waals surface area contributed by atoms with Crippen molar-refractivity contribution >= 4 is 11.7 Å². The minimum Gasteiger partial charge on any atom is -0.370 e. The molecule has 5 nitrogen and oxygen atoms in total. The lowest BCUT2D eigenvalue weighted by molar-refractivity contribution is 0.0945. The van der Waals surface area contributed by atoms with Crippen molar-refractivity contribution in [2.45, 2.75) is 19.9 Å². The maximum atomic E-state index is 13.6. The highest BCUT2D eigenvalue weighted by Crippen LogP contribution is 2.10. The van der Waals surface area contributed by atoms with Crippen LogP contribution in [0.15, 0.2) is 60.9 Å². The van der Waals surface area contributed by atoms with Crippen LogP contribution < -0.4 is 10.6 Å². The number of hydrogen-bond donors (Lipinski definition) is 2. The summed E-state index contributed by atoms with van der Waals surface area (Å²) in [6.07, 6.45) is 1.86. The Labute approximate surface area is 157 Å². The van der Waals surface area contributed by atoms with Crippen molar-refractivity contribution in [3.05, 3.63) is 89.1 Å². The molecular formula is C21H21FN4O. The highest BCUT2D eigenvalue weighted by molar-refractivity contribution is 5.92. The summed E-state index contributed by atoms with van der Waals surface area (Å²) in [6.45, 7) is 2.94. The second-order valence-corrected chi connectivity index (χ2v) is 6.17. The molecule has 0 aliphatic rings. The van der Waals surface area contributed by atoms with E-state index in [9.17, 15) is 9.18 Å². The number of aryl methyl sites for hydroxylation is 1. The summed E-state index contributed by atoms with van der Waals surface area (Å²) in [4.78, 5) is 20.5. The summed E-state index contributed by atoms with van der Waals surface area (Å²) in [5.41, 5.74) is 3.10. The number of carbonyl (C=O) groups is 1. The molecule has 3 aromatic rings. The van der Waals surface area contributed by atoms with Gasteiger partial charge in [0.15, 0.2) is 0 Å². The van der Waals surface area contributed by atoms with Gasteiger partial charge in [0.05, 0.1) is 0 Å². The maximum Gasteiger partial charge on any atom is 0.270 e. The zero-order chi connectivity index (χ0) is 19.1. The molecule has 0 atom stereocenters. The van der Waals surface area contributed by atoms with Crippen LogP contribution in [0.25, 0.3) is 0 Å². The van der Waals surface area contributed by atoms with E-state index < -0.39 is 0 Å². The van der Waals surface area contributed by atoms with E-state index in [1.54, 1.807) is 24.3 Å². The quantitative estimate of drug-likeness (QED) is 0.673. The molecule has 2 aromatic carbocycles. The van der Waals surface area contributed by atoms with Crippen LogP contribution in [0.3, 0.4) is 0 Å². The van der Waals surface area contributed by atoms with Gasteiger partial charge in [0.2, 0.25) is 0 Å². The van der Waals surface area contributed by atoms with Gasteiger partial charge in [-0.25, -0.2) is 14.4 Å². The Morgan fingerprint density at radius 1 is 1.04 bits per heavy atom. The van der Waals surface area contributed by atoms with E-state index in [2.05, 4.69) is 20.6 Å². The number of benzene rings is 2. The summed E-state index contributed by atoms with van der Waals surface area (Å²) < 4.78 is 13.6. The molecular weight excluding hydrogens is 343 g/mol. The Morgan fingerprint density at radius 2 is 1.78 bits per heavy atom. The van der Waals surface area contributed by atoms with Crippen molar-refractivity contribution in [2.75, 3.05) is 11.9 Å². The van der Waals surface area contributed by atoms with Crippen molar-refractivity contribution < 1.29 is 9.18 Å². The summed E-state index contributed by atoms with van der Waals surface area (Å²) >= 11 is 0. The molecule has 0 aliphatic carbocycles. The SMILES string of the molecule is Cc1ccccc1CNC(=O)c1cc(NCCc2ccccc2F)ncn1. The number of amides is 1. The molecule has 27 heavy (non-hydrogen) atoms. The molecule has 0 unspecified atom stereocenters. The predicted octanol–water partition coefficient (Wildman–Crippen LogP) is 3.51. The van der Waals surface area contributed by atoms with E-state index in [0.29, 0.717) is 30.9 Å². The van der Waals surface area contributed by atoms with Crippen molar-refractivity contribution in [1.82, 2.24) is 15.3 Å². The molecule has 6 heteroatoms. The van der Waals surface area contributed by atoms with Gasteiger partial charge in [0.25, 0.3) is 5.91 Å². The Balaban J connectivity index is 1.55. The van der Waals surface area contributed by atoms with Crippen LogP contribution in [0.1, 0.15) is 27.2 Å². The van der Waals surface area contributed by atoms with Crippen LogP contribution in [0.2, 0.25) is 0 Å². The van der Waals surface area contributed by atoms with Crippen LogP contribution in [0.4, 0.5) is 10.2 Å². The monoisotopic (exact) mass is 364 g/mol. The number of anilines is 1. The lowest BCUT2D eigenvalue weighted by Gasteiger charge is -2.09. The van der Waals surface area contributed by atoms with Crippen molar-refractivity contribution in [1.29, 1.82) is 0 Å². The second kappa shape index (κ2) is 8.89. The number of nitrogens with one attached hydrogen (secondary N) is 2. The van der Waals surface area contributed by atoms with Gasteiger partial charge in [-0.15, -0.1) is 0 Å². The molecule has 1 amide bonds. The maximum absolute atomic E-state index is 13.6. The number of halogens is 1. The highest BCUT2D eigenvalue weighted by atomic mass is 19.1. The second-order valence-electron chi connectivity index (χ2n) is 6.17. The van der Waals surface area contributed by atoms with Gasteiger partial charge < -0.3 is 10.6 Å². The first-order valence-electron chi connectivity index (χ1n) is 8.75. The van der Waals surface area contributed by atoms with E-state index >= 15 is 0 Å². The van der Waals surface area contributed by atoms with Gasteiger partial charge in [-0.05, 0) is 36.1 Å². The fraction of sp³-hybridized carbons (Fsp3) is 0.190. The molecule has 0 radical (unpaired) electrons. The Morgan fingerprint density at radius 3 is 2.56 bits per heavy atom. The molecule has 0 spiro atoms. The van der Waals surface area contributed by atoms with E-state index in [4.69, 9.17) is 0 Å². The van der Waals surface area contributed by atoms with E-state index in [1.165, 1.54) is 12.4 Å². The van der Waals surface area contributed by atoms with E-state index in [0.717, 1.165) is 11.1 Å². The molecule has 1 aromatic heterocycles. The highest BCUT2D eigenvalue weighted by Gasteiger charge is 2.09. The fourth-order valence-electron chi connectivity index (χ4n) is 2.68. The largest absolute Gasteiger partial charge is 0.370 e. The van der Waals surface area contributed by atoms with Gasteiger partial charge >= 0.3 is 0 Å². The molecule has 0 aliphatic heterocycles. The third kappa shape index (κ3) is 5.10. The summed E-state index contributed by atoms with van der Waals surface area (Å²) in [6, 6.07) is 16.1. The zero-order valence-corrected chi connectivity index (χ0v) is 15.1. The molecule has 2 N–H and O–H groups in total. The minimum atomic E-state index is -0.266. The standard InChI is InChI=1S/C21H21FN4O/c1-15-6-2-3-8-17(15)13-24-21(27)19-12-20(26-14-25-19)23-11-10-16-7-4-5-9-18(16)22/h2-9,12,14H,10-11,13H2,1H3,(H,24,27)(H,23,25,26). The number of carbonyl (C=O) groups excluding carboxylic acids is 1. The smallest absolute Gasteiger partial charge is 0.270 e. The van der Waals surface area contributed by atoms with Crippen molar-refractivity contribution in [3.8, 4) is 0 Å². The Bertz CT molecular complexity index is 929. The van der Waals surface area contributed by atoms with E-state index in [1.807, 2.05) is 31.2 Å². The Hall–Kier alpha value is -3.28. The number of aromatic nitrogens is 2.